The largest absolute Gasteiger partial charge is 0.494 e. The van der Waals surface area contributed by atoms with Crippen LogP contribution in [0.1, 0.15) is 49.9 Å². The Morgan fingerprint density at radius 2 is 1.63 bits per heavy atom. The summed E-state index contributed by atoms with van der Waals surface area (Å²) in [6.45, 7) is 4.36. The van der Waals surface area contributed by atoms with Gasteiger partial charge in [0, 0.05) is 5.56 Å². The number of hydroxylamine groups is 2. The van der Waals surface area contributed by atoms with Gasteiger partial charge in [-0.25, -0.2) is 9.78 Å². The van der Waals surface area contributed by atoms with Crippen LogP contribution < -0.4 is 4.74 Å². The number of aryl methyl sites for hydroxylation is 1. The molecule has 0 N–H and O–H groups in total. The van der Waals surface area contributed by atoms with Crippen LogP contribution in [0.2, 0.25) is 0 Å². The lowest BCUT2D eigenvalue weighted by Gasteiger charge is -2.12. The summed E-state index contributed by atoms with van der Waals surface area (Å²) >= 11 is 1.16. The van der Waals surface area contributed by atoms with Gasteiger partial charge >= 0.3 is 5.97 Å². The first-order valence-electron chi connectivity index (χ1n) is 9.46. The van der Waals surface area contributed by atoms with Gasteiger partial charge in [-0.1, -0.05) is 24.1 Å². The molecule has 3 aromatic rings. The quantitative estimate of drug-likeness (QED) is 0.555. The number of benzene rings is 2. The van der Waals surface area contributed by atoms with Gasteiger partial charge in [-0.15, -0.1) is 11.3 Å². The molecule has 0 bridgehead atoms. The van der Waals surface area contributed by atoms with E-state index in [9.17, 15) is 14.4 Å². The lowest BCUT2D eigenvalue weighted by Crippen LogP contribution is -2.32. The first kappa shape index (κ1) is 19.8. The van der Waals surface area contributed by atoms with Crippen LogP contribution in [0, 0.1) is 0 Å². The number of amides is 2. The molecule has 0 unspecified atom stereocenters. The summed E-state index contributed by atoms with van der Waals surface area (Å²) in [5.74, 6) is -1.34. The van der Waals surface area contributed by atoms with Crippen LogP contribution >= 0.6 is 11.3 Å². The van der Waals surface area contributed by atoms with Crippen molar-refractivity contribution in [1.29, 1.82) is 0 Å². The van der Waals surface area contributed by atoms with Crippen molar-refractivity contribution < 1.29 is 24.0 Å². The Morgan fingerprint density at radius 1 is 1.00 bits per heavy atom. The van der Waals surface area contributed by atoms with E-state index < -0.39 is 17.8 Å². The van der Waals surface area contributed by atoms with E-state index in [-0.39, 0.29) is 16.0 Å². The number of ether oxygens (including phenoxy) is 1. The van der Waals surface area contributed by atoms with Crippen LogP contribution in [0.25, 0.3) is 10.6 Å². The zero-order chi connectivity index (χ0) is 21.3. The SMILES string of the molecule is CCOc1ccc(-c2nc(CC)c(C(=O)ON3C(=O)c4ccccc4C3=O)s2)cc1. The number of fused-ring (bicyclic) bond motifs is 1. The average molecular weight is 422 g/mol. The molecule has 1 aromatic heterocycles. The average Bonchev–Trinajstić information content (AvgIpc) is 3.30. The number of hydrogen-bond donors (Lipinski definition) is 0. The summed E-state index contributed by atoms with van der Waals surface area (Å²) in [4.78, 5) is 47.7. The van der Waals surface area contributed by atoms with Gasteiger partial charge in [0.2, 0.25) is 0 Å². The maximum absolute atomic E-state index is 12.8. The van der Waals surface area contributed by atoms with Gasteiger partial charge in [0.05, 0.1) is 23.4 Å². The molecule has 0 aliphatic carbocycles. The number of imide groups is 1. The fraction of sp³-hybridized carbons (Fsp3) is 0.182. The first-order valence-corrected chi connectivity index (χ1v) is 10.3. The van der Waals surface area contributed by atoms with Gasteiger partial charge in [-0.05, 0) is 49.7 Å². The van der Waals surface area contributed by atoms with E-state index >= 15 is 0 Å². The number of carbonyl (C=O) groups excluding carboxylic acids is 3. The molecule has 0 spiro atoms. The molecule has 8 heteroatoms. The number of hydrogen-bond acceptors (Lipinski definition) is 7. The molecule has 7 nitrogen and oxygen atoms in total. The number of rotatable bonds is 6. The van der Waals surface area contributed by atoms with Crippen LogP contribution in [0.3, 0.4) is 0 Å². The number of carbonyl (C=O) groups is 3. The summed E-state index contributed by atoms with van der Waals surface area (Å²) in [6.07, 6.45) is 0.500. The molecular weight excluding hydrogens is 404 g/mol. The van der Waals surface area contributed by atoms with Crippen LogP contribution in [0.5, 0.6) is 5.75 Å². The minimum Gasteiger partial charge on any atom is -0.494 e. The smallest absolute Gasteiger partial charge is 0.375 e. The van der Waals surface area contributed by atoms with E-state index in [0.717, 1.165) is 22.6 Å². The Hall–Kier alpha value is -3.52. The standard InChI is InChI=1S/C22H18N2O5S/c1-3-17-18(30-19(23-17)13-9-11-14(12-10-13)28-4-2)22(27)29-24-20(25)15-7-5-6-8-16(15)21(24)26/h5-12H,3-4H2,1-2H3. The topological polar surface area (TPSA) is 85.8 Å². The Bertz CT molecular complexity index is 1100. The molecule has 0 saturated heterocycles. The van der Waals surface area contributed by atoms with Gasteiger partial charge in [-0.2, -0.15) is 0 Å². The van der Waals surface area contributed by atoms with Crippen molar-refractivity contribution in [3.05, 3.63) is 70.2 Å². The second-order valence-corrected chi connectivity index (χ2v) is 7.43. The second-order valence-electron chi connectivity index (χ2n) is 6.43. The molecule has 0 fully saturated rings. The summed E-state index contributed by atoms with van der Waals surface area (Å²) in [7, 11) is 0. The number of thiazole rings is 1. The Morgan fingerprint density at radius 3 is 2.20 bits per heavy atom. The van der Waals surface area contributed by atoms with Crippen LogP contribution in [-0.4, -0.2) is 34.4 Å². The summed E-state index contributed by atoms with van der Waals surface area (Å²) < 4.78 is 5.45. The fourth-order valence-electron chi connectivity index (χ4n) is 3.11. The van der Waals surface area contributed by atoms with Gasteiger partial charge in [0.15, 0.2) is 0 Å². The molecule has 4 rings (SSSR count). The Labute approximate surface area is 176 Å². The molecule has 2 heterocycles. The van der Waals surface area contributed by atoms with Crippen molar-refractivity contribution in [3.8, 4) is 16.3 Å². The van der Waals surface area contributed by atoms with E-state index in [1.54, 1.807) is 12.1 Å². The summed E-state index contributed by atoms with van der Waals surface area (Å²) in [6, 6.07) is 13.7. The normalized spacial score (nSPS) is 12.8. The van der Waals surface area contributed by atoms with E-state index in [0.29, 0.717) is 28.8 Å². The molecule has 152 valence electrons. The minimum atomic E-state index is -0.781. The van der Waals surface area contributed by atoms with Crippen molar-refractivity contribution in [3.63, 3.8) is 0 Å². The highest BCUT2D eigenvalue weighted by atomic mass is 32.1. The molecule has 2 aromatic carbocycles. The van der Waals surface area contributed by atoms with E-state index in [2.05, 4.69) is 4.98 Å². The highest BCUT2D eigenvalue weighted by Gasteiger charge is 2.39. The molecule has 1 aliphatic rings. The zero-order valence-electron chi connectivity index (χ0n) is 16.4. The van der Waals surface area contributed by atoms with Gasteiger partial charge in [0.1, 0.15) is 15.6 Å². The number of aromatic nitrogens is 1. The van der Waals surface area contributed by atoms with Crippen molar-refractivity contribution in [2.24, 2.45) is 0 Å². The first-order chi connectivity index (χ1) is 14.5. The maximum Gasteiger partial charge on any atom is 0.375 e. The second kappa shape index (κ2) is 8.08. The minimum absolute atomic E-state index is 0.213. The third-order valence-electron chi connectivity index (χ3n) is 4.56. The third kappa shape index (κ3) is 3.46. The monoisotopic (exact) mass is 422 g/mol. The molecular formula is C22H18N2O5S. The highest BCUT2D eigenvalue weighted by Crippen LogP contribution is 2.31. The highest BCUT2D eigenvalue weighted by molar-refractivity contribution is 7.17. The molecule has 0 saturated carbocycles. The van der Waals surface area contributed by atoms with E-state index in [1.165, 1.54) is 12.1 Å². The Kier molecular flexibility index (Phi) is 5.33. The predicted molar refractivity (Wildman–Crippen MR) is 110 cm³/mol. The lowest BCUT2D eigenvalue weighted by molar-refractivity contribution is -0.0582. The van der Waals surface area contributed by atoms with Gasteiger partial charge in [-0.3, -0.25) is 9.59 Å². The van der Waals surface area contributed by atoms with E-state index in [4.69, 9.17) is 9.57 Å². The zero-order valence-corrected chi connectivity index (χ0v) is 17.2. The van der Waals surface area contributed by atoms with Gasteiger partial charge < -0.3 is 9.57 Å². The van der Waals surface area contributed by atoms with Gasteiger partial charge in [0.25, 0.3) is 11.8 Å². The van der Waals surface area contributed by atoms with E-state index in [1.807, 2.05) is 38.1 Å². The maximum atomic E-state index is 12.8. The molecule has 1 aliphatic heterocycles. The Balaban J connectivity index is 1.58. The lowest BCUT2D eigenvalue weighted by atomic mass is 10.1. The van der Waals surface area contributed by atoms with Crippen LogP contribution in [-0.2, 0) is 11.3 Å². The molecule has 2 amide bonds. The van der Waals surface area contributed by atoms with Crippen molar-refractivity contribution in [1.82, 2.24) is 10.0 Å². The predicted octanol–water partition coefficient (Wildman–Crippen LogP) is 4.14. The fourth-order valence-corrected chi connectivity index (χ4v) is 4.14. The van der Waals surface area contributed by atoms with Crippen molar-refractivity contribution in [2.45, 2.75) is 20.3 Å². The summed E-state index contributed by atoms with van der Waals surface area (Å²) in [5.41, 5.74) is 1.80. The van der Waals surface area contributed by atoms with Crippen LogP contribution in [0.15, 0.2) is 48.5 Å². The van der Waals surface area contributed by atoms with Crippen LogP contribution in [0.4, 0.5) is 0 Å². The molecule has 0 radical (unpaired) electrons. The number of nitrogens with zero attached hydrogens (tertiary/aromatic N) is 2. The van der Waals surface area contributed by atoms with Crippen molar-refractivity contribution in [2.75, 3.05) is 6.61 Å². The molecule has 30 heavy (non-hydrogen) atoms. The molecule has 0 atom stereocenters. The summed E-state index contributed by atoms with van der Waals surface area (Å²) in [5, 5.41) is 1.16. The third-order valence-corrected chi connectivity index (χ3v) is 5.69. The van der Waals surface area contributed by atoms with Crippen molar-refractivity contribution >= 4 is 29.1 Å².